The Labute approximate surface area is 135 Å². The number of methoxy groups -OCH3 is 2. The van der Waals surface area contributed by atoms with Crippen molar-refractivity contribution >= 4 is 17.6 Å². The molecule has 1 N–H and O–H groups in total. The van der Waals surface area contributed by atoms with Gasteiger partial charge in [0.1, 0.15) is 5.75 Å². The highest BCUT2D eigenvalue weighted by molar-refractivity contribution is 6.09. The Morgan fingerprint density at radius 1 is 1.35 bits per heavy atom. The third kappa shape index (κ3) is 4.91. The Bertz CT molecular complexity index is 557. The smallest absolute Gasteiger partial charge is 0.342 e. The van der Waals surface area contributed by atoms with Crippen molar-refractivity contribution in [1.82, 2.24) is 0 Å². The van der Waals surface area contributed by atoms with Crippen LogP contribution in [-0.2, 0) is 14.3 Å². The van der Waals surface area contributed by atoms with Gasteiger partial charge in [0.2, 0.25) is 6.04 Å². The van der Waals surface area contributed by atoms with Crippen LogP contribution in [0.5, 0.6) is 5.75 Å². The van der Waals surface area contributed by atoms with Crippen molar-refractivity contribution in [3.8, 4) is 5.75 Å². The topological polar surface area (TPSA) is 92.1 Å². The lowest BCUT2D eigenvalue weighted by Crippen LogP contribution is -2.43. The first kappa shape index (κ1) is 18.3. The molecule has 1 unspecified atom stereocenters. The van der Waals surface area contributed by atoms with Crippen molar-refractivity contribution in [2.24, 2.45) is 5.11 Å². The number of anilines is 1. The van der Waals surface area contributed by atoms with Crippen LogP contribution in [0.2, 0.25) is 0 Å². The van der Waals surface area contributed by atoms with E-state index >= 15 is 0 Å². The first-order valence-electron chi connectivity index (χ1n) is 7.09. The maximum atomic E-state index is 12.6. The first-order valence-corrected chi connectivity index (χ1v) is 7.09. The van der Waals surface area contributed by atoms with Gasteiger partial charge in [-0.1, -0.05) is 6.08 Å². The summed E-state index contributed by atoms with van der Waals surface area (Å²) in [7, 11) is 2.71. The molecular formula is C16H21N3O4. The molecule has 0 aliphatic heterocycles. The third-order valence-electron chi connectivity index (χ3n) is 3.23. The molecule has 0 fully saturated rings. The van der Waals surface area contributed by atoms with Crippen LogP contribution in [0.3, 0.4) is 0 Å². The van der Waals surface area contributed by atoms with Crippen molar-refractivity contribution in [2.45, 2.75) is 18.9 Å². The molecule has 0 spiro atoms. The van der Waals surface area contributed by atoms with Gasteiger partial charge in [-0.05, 0) is 37.1 Å². The van der Waals surface area contributed by atoms with Gasteiger partial charge in [-0.3, -0.25) is 4.79 Å². The summed E-state index contributed by atoms with van der Waals surface area (Å²) < 4.78 is 9.63. The Balaban J connectivity index is 3.06. The van der Waals surface area contributed by atoms with Gasteiger partial charge in [-0.15, -0.1) is 6.58 Å². The van der Waals surface area contributed by atoms with E-state index in [1.54, 1.807) is 37.5 Å². The lowest BCUT2D eigenvalue weighted by atomic mass is 10.2. The summed E-state index contributed by atoms with van der Waals surface area (Å²) in [6.45, 7) is 4.02. The second-order valence-corrected chi connectivity index (χ2v) is 4.67. The normalized spacial score (nSPS) is 11.2. The van der Waals surface area contributed by atoms with Crippen LogP contribution in [0.1, 0.15) is 12.8 Å². The third-order valence-corrected chi connectivity index (χ3v) is 3.23. The average molecular weight is 319 g/mol. The molecule has 0 bridgehead atoms. The molecule has 7 nitrogen and oxygen atoms in total. The van der Waals surface area contributed by atoms with Crippen LogP contribution in [0, 0.1) is 5.53 Å². The van der Waals surface area contributed by atoms with Crippen LogP contribution in [0.25, 0.3) is 0 Å². The summed E-state index contributed by atoms with van der Waals surface area (Å²) >= 11 is 0. The zero-order valence-corrected chi connectivity index (χ0v) is 13.3. The Morgan fingerprint density at radius 2 is 2.00 bits per heavy atom. The van der Waals surface area contributed by atoms with Crippen LogP contribution in [0.4, 0.5) is 5.69 Å². The fourth-order valence-electron chi connectivity index (χ4n) is 1.99. The number of carbonyl (C=O) groups excluding carboxylic acids is 2. The summed E-state index contributed by atoms with van der Waals surface area (Å²) in [6, 6.07) is 5.36. The summed E-state index contributed by atoms with van der Waals surface area (Å²) in [5, 5.41) is 3.11. The summed E-state index contributed by atoms with van der Waals surface area (Å²) in [6.07, 6.45) is 3.15. The van der Waals surface area contributed by atoms with Crippen molar-refractivity contribution < 1.29 is 19.1 Å². The minimum atomic E-state index is -1.49. The van der Waals surface area contributed by atoms with E-state index in [0.29, 0.717) is 24.4 Å². The highest BCUT2D eigenvalue weighted by Crippen LogP contribution is 2.21. The lowest BCUT2D eigenvalue weighted by molar-refractivity contribution is -0.145. The molecule has 0 aliphatic rings. The number of ether oxygens (including phenoxy) is 2. The van der Waals surface area contributed by atoms with Gasteiger partial charge in [0.05, 0.1) is 14.2 Å². The number of rotatable bonds is 9. The molecule has 0 aromatic heterocycles. The van der Waals surface area contributed by atoms with Gasteiger partial charge in [-0.25, -0.2) is 10.3 Å². The SMILES string of the molecule is C=CCCCN(C(=O)C(N=N)C(=O)OC)c1ccc(OC)cc1. The average Bonchev–Trinajstić information content (AvgIpc) is 2.59. The van der Waals surface area contributed by atoms with Crippen LogP contribution in [0.15, 0.2) is 42.0 Å². The fourth-order valence-corrected chi connectivity index (χ4v) is 1.99. The summed E-state index contributed by atoms with van der Waals surface area (Å²) in [5.74, 6) is -0.796. The minimum Gasteiger partial charge on any atom is -0.497 e. The van der Waals surface area contributed by atoms with Crippen LogP contribution in [-0.4, -0.2) is 38.7 Å². The molecule has 23 heavy (non-hydrogen) atoms. The number of nitrogens with zero attached hydrogens (tertiary/aromatic N) is 2. The molecule has 0 aliphatic carbocycles. The maximum Gasteiger partial charge on any atom is 0.342 e. The number of esters is 1. The summed E-state index contributed by atoms with van der Waals surface area (Å²) in [4.78, 5) is 25.6. The second kappa shape index (κ2) is 9.34. The van der Waals surface area contributed by atoms with Gasteiger partial charge < -0.3 is 14.4 Å². The molecule has 0 saturated heterocycles. The molecule has 1 aromatic carbocycles. The van der Waals surface area contributed by atoms with Crippen molar-refractivity contribution in [1.29, 1.82) is 5.53 Å². The Hall–Kier alpha value is -2.70. The molecule has 0 radical (unpaired) electrons. The number of hydrogen-bond acceptors (Lipinski definition) is 6. The highest BCUT2D eigenvalue weighted by Gasteiger charge is 2.32. The summed E-state index contributed by atoms with van der Waals surface area (Å²) in [5.41, 5.74) is 7.69. The van der Waals surface area contributed by atoms with E-state index in [0.717, 1.165) is 13.5 Å². The molecule has 1 atom stereocenters. The van der Waals surface area contributed by atoms with E-state index in [1.807, 2.05) is 0 Å². The predicted molar refractivity (Wildman–Crippen MR) is 85.7 cm³/mol. The molecular weight excluding hydrogens is 298 g/mol. The zero-order valence-electron chi connectivity index (χ0n) is 13.3. The number of nitrogens with one attached hydrogen (secondary N) is 1. The van der Waals surface area contributed by atoms with Gasteiger partial charge in [0, 0.05) is 12.2 Å². The van der Waals surface area contributed by atoms with Crippen LogP contribution < -0.4 is 9.64 Å². The van der Waals surface area contributed by atoms with Crippen molar-refractivity contribution in [3.05, 3.63) is 36.9 Å². The first-order chi connectivity index (χ1) is 11.1. The molecule has 7 heteroatoms. The van der Waals surface area contributed by atoms with E-state index in [9.17, 15) is 9.59 Å². The van der Waals surface area contributed by atoms with E-state index < -0.39 is 17.9 Å². The van der Waals surface area contributed by atoms with E-state index in [4.69, 9.17) is 10.3 Å². The molecule has 124 valence electrons. The standard InChI is InChI=1S/C16H21N3O4/c1-4-5-6-11-19(12-7-9-13(22-2)10-8-12)15(20)14(18-17)16(21)23-3/h4,7-10,14,17H,1,5-6,11H2,2-3H3. The van der Waals surface area contributed by atoms with E-state index in [1.165, 1.54) is 4.90 Å². The number of unbranched alkanes of at least 4 members (excludes halogenated alkanes) is 1. The van der Waals surface area contributed by atoms with Gasteiger partial charge in [-0.2, -0.15) is 5.11 Å². The molecule has 0 heterocycles. The van der Waals surface area contributed by atoms with Crippen molar-refractivity contribution in [3.63, 3.8) is 0 Å². The Morgan fingerprint density at radius 3 is 2.48 bits per heavy atom. The molecule has 1 rings (SSSR count). The number of hydrogen-bond donors (Lipinski definition) is 1. The minimum absolute atomic E-state index is 0.375. The zero-order chi connectivity index (χ0) is 17.2. The van der Waals surface area contributed by atoms with Crippen molar-refractivity contribution in [2.75, 3.05) is 25.7 Å². The van der Waals surface area contributed by atoms with E-state index in [2.05, 4.69) is 16.4 Å². The fraction of sp³-hybridized carbons (Fsp3) is 0.375. The molecule has 1 aromatic rings. The molecule has 0 saturated carbocycles. The maximum absolute atomic E-state index is 12.6. The van der Waals surface area contributed by atoms with Gasteiger partial charge >= 0.3 is 5.97 Å². The largest absolute Gasteiger partial charge is 0.497 e. The Kier molecular flexibility index (Phi) is 7.45. The predicted octanol–water partition coefficient (Wildman–Crippen LogP) is 2.57. The number of carbonyl (C=O) groups is 2. The lowest BCUT2D eigenvalue weighted by Gasteiger charge is -2.24. The number of allylic oxidation sites excluding steroid dienone is 1. The highest BCUT2D eigenvalue weighted by atomic mass is 16.5. The molecule has 1 amide bonds. The van der Waals surface area contributed by atoms with Gasteiger partial charge in [0.15, 0.2) is 0 Å². The number of amides is 1. The monoisotopic (exact) mass is 319 g/mol. The van der Waals surface area contributed by atoms with Crippen LogP contribution >= 0.6 is 0 Å². The second-order valence-electron chi connectivity index (χ2n) is 4.67. The number of benzene rings is 1. The van der Waals surface area contributed by atoms with Gasteiger partial charge in [0.25, 0.3) is 5.91 Å². The van der Waals surface area contributed by atoms with E-state index in [-0.39, 0.29) is 0 Å². The quantitative estimate of drug-likeness (QED) is 0.249.